The molecule has 1 aliphatic rings. The standard InChI is InChI=1S/C24H31N3O/c1-20-11-13-21(14-12-20)28-18-8-17-27-23-10-5-4-9-22(23)25-24(27)19-26-15-6-2-3-7-16-26/h4-5,9-14H,2-3,6-8,15-19H2,1H3. The topological polar surface area (TPSA) is 30.3 Å². The zero-order valence-corrected chi connectivity index (χ0v) is 16.9. The number of likely N-dealkylation sites (tertiary alicyclic amines) is 1. The molecule has 2 heterocycles. The van der Waals surface area contributed by atoms with Crippen molar-refractivity contribution in [3.8, 4) is 5.75 Å². The quantitative estimate of drug-likeness (QED) is 0.531. The van der Waals surface area contributed by atoms with Gasteiger partial charge in [0.15, 0.2) is 0 Å². The van der Waals surface area contributed by atoms with E-state index in [2.05, 4.69) is 52.8 Å². The maximum absolute atomic E-state index is 5.93. The van der Waals surface area contributed by atoms with Crippen molar-refractivity contribution in [1.29, 1.82) is 0 Å². The lowest BCUT2D eigenvalue weighted by molar-refractivity contribution is 0.263. The van der Waals surface area contributed by atoms with Gasteiger partial charge in [0.05, 0.1) is 24.2 Å². The third-order valence-electron chi connectivity index (χ3n) is 5.61. The molecule has 0 radical (unpaired) electrons. The maximum atomic E-state index is 5.93. The highest BCUT2D eigenvalue weighted by Gasteiger charge is 2.15. The fraction of sp³-hybridized carbons (Fsp3) is 0.458. The van der Waals surface area contributed by atoms with Crippen LogP contribution in [0.15, 0.2) is 48.5 Å². The summed E-state index contributed by atoms with van der Waals surface area (Å²) in [6.07, 6.45) is 6.32. The van der Waals surface area contributed by atoms with Gasteiger partial charge in [-0.15, -0.1) is 0 Å². The minimum absolute atomic E-state index is 0.721. The summed E-state index contributed by atoms with van der Waals surface area (Å²) in [5, 5.41) is 0. The second kappa shape index (κ2) is 9.24. The van der Waals surface area contributed by atoms with Gasteiger partial charge < -0.3 is 9.30 Å². The smallest absolute Gasteiger partial charge is 0.124 e. The van der Waals surface area contributed by atoms with Crippen molar-refractivity contribution in [2.24, 2.45) is 0 Å². The second-order valence-corrected chi connectivity index (χ2v) is 7.87. The van der Waals surface area contributed by atoms with Crippen LogP contribution in [0, 0.1) is 6.92 Å². The molecule has 0 atom stereocenters. The first kappa shape index (κ1) is 19.0. The van der Waals surface area contributed by atoms with E-state index < -0.39 is 0 Å². The van der Waals surface area contributed by atoms with Gasteiger partial charge in [0, 0.05) is 6.54 Å². The molecule has 4 rings (SSSR count). The molecule has 4 nitrogen and oxygen atoms in total. The minimum atomic E-state index is 0.721. The summed E-state index contributed by atoms with van der Waals surface area (Å²) in [7, 11) is 0. The van der Waals surface area contributed by atoms with Gasteiger partial charge in [-0.25, -0.2) is 4.98 Å². The van der Waals surface area contributed by atoms with Gasteiger partial charge in [-0.1, -0.05) is 42.7 Å². The zero-order chi connectivity index (χ0) is 19.2. The van der Waals surface area contributed by atoms with Crippen molar-refractivity contribution in [3.05, 3.63) is 59.9 Å². The first-order valence-electron chi connectivity index (χ1n) is 10.7. The number of para-hydroxylation sites is 2. The molecular weight excluding hydrogens is 346 g/mol. The summed E-state index contributed by atoms with van der Waals surface area (Å²) in [4.78, 5) is 7.54. The molecule has 0 unspecified atom stereocenters. The summed E-state index contributed by atoms with van der Waals surface area (Å²) >= 11 is 0. The highest BCUT2D eigenvalue weighted by molar-refractivity contribution is 5.75. The Balaban J connectivity index is 1.43. The van der Waals surface area contributed by atoms with Crippen molar-refractivity contribution in [3.63, 3.8) is 0 Å². The number of aryl methyl sites for hydroxylation is 2. The number of hydrogen-bond acceptors (Lipinski definition) is 3. The SMILES string of the molecule is Cc1ccc(OCCCn2c(CN3CCCCCC3)nc3ccccc32)cc1. The first-order chi connectivity index (χ1) is 13.8. The molecule has 0 spiro atoms. The van der Waals surface area contributed by atoms with Crippen LogP contribution in [0.1, 0.15) is 43.5 Å². The van der Waals surface area contributed by atoms with Gasteiger partial charge in [0.2, 0.25) is 0 Å². The highest BCUT2D eigenvalue weighted by Crippen LogP contribution is 2.20. The number of fused-ring (bicyclic) bond motifs is 1. The Labute approximate surface area is 168 Å². The molecule has 2 aromatic carbocycles. The molecule has 28 heavy (non-hydrogen) atoms. The number of ether oxygens (including phenoxy) is 1. The van der Waals surface area contributed by atoms with Gasteiger partial charge >= 0.3 is 0 Å². The molecule has 148 valence electrons. The summed E-state index contributed by atoms with van der Waals surface area (Å²) in [6, 6.07) is 16.8. The van der Waals surface area contributed by atoms with Crippen LogP contribution in [0.2, 0.25) is 0 Å². The largest absolute Gasteiger partial charge is 0.494 e. The monoisotopic (exact) mass is 377 g/mol. The first-order valence-corrected chi connectivity index (χ1v) is 10.7. The minimum Gasteiger partial charge on any atom is -0.494 e. The van der Waals surface area contributed by atoms with E-state index in [0.29, 0.717) is 0 Å². The molecule has 0 amide bonds. The van der Waals surface area contributed by atoms with E-state index in [9.17, 15) is 0 Å². The van der Waals surface area contributed by atoms with Crippen molar-refractivity contribution >= 4 is 11.0 Å². The normalized spacial score (nSPS) is 15.6. The number of nitrogens with zero attached hydrogens (tertiary/aromatic N) is 3. The molecule has 3 aromatic rings. The Bertz CT molecular complexity index is 877. The molecule has 1 fully saturated rings. The average Bonchev–Trinajstić information content (AvgIpc) is 2.87. The summed E-state index contributed by atoms with van der Waals surface area (Å²) < 4.78 is 8.34. The molecule has 0 aliphatic carbocycles. The van der Waals surface area contributed by atoms with Gasteiger partial charge in [-0.3, -0.25) is 4.90 Å². The van der Waals surface area contributed by atoms with Crippen LogP contribution >= 0.6 is 0 Å². The van der Waals surface area contributed by atoms with Crippen LogP contribution in [0.4, 0.5) is 0 Å². The molecule has 1 saturated heterocycles. The lowest BCUT2D eigenvalue weighted by Gasteiger charge is -2.20. The Morgan fingerprint density at radius 3 is 2.46 bits per heavy atom. The van der Waals surface area contributed by atoms with E-state index in [4.69, 9.17) is 9.72 Å². The Hall–Kier alpha value is -2.33. The number of hydrogen-bond donors (Lipinski definition) is 0. The lowest BCUT2D eigenvalue weighted by atomic mass is 10.2. The van der Waals surface area contributed by atoms with Crippen molar-refractivity contribution in [2.45, 2.75) is 52.1 Å². The Morgan fingerprint density at radius 1 is 0.929 bits per heavy atom. The Kier molecular flexibility index (Phi) is 6.27. The van der Waals surface area contributed by atoms with Gasteiger partial charge in [0.25, 0.3) is 0 Å². The molecule has 0 bridgehead atoms. The molecule has 0 N–H and O–H groups in total. The van der Waals surface area contributed by atoms with Crippen LogP contribution < -0.4 is 4.74 Å². The average molecular weight is 378 g/mol. The Morgan fingerprint density at radius 2 is 1.68 bits per heavy atom. The molecule has 0 saturated carbocycles. The fourth-order valence-corrected chi connectivity index (χ4v) is 4.04. The van der Waals surface area contributed by atoms with Crippen molar-refractivity contribution < 1.29 is 4.74 Å². The number of benzene rings is 2. The third kappa shape index (κ3) is 4.74. The zero-order valence-electron chi connectivity index (χ0n) is 16.9. The third-order valence-corrected chi connectivity index (χ3v) is 5.61. The van der Waals surface area contributed by atoms with Gasteiger partial charge in [0.1, 0.15) is 11.6 Å². The summed E-state index contributed by atoms with van der Waals surface area (Å²) in [6.45, 7) is 7.10. The second-order valence-electron chi connectivity index (χ2n) is 7.87. The summed E-state index contributed by atoms with van der Waals surface area (Å²) in [5.74, 6) is 2.14. The van der Waals surface area contributed by atoms with Gasteiger partial charge in [-0.05, 0) is 63.5 Å². The molecule has 4 heteroatoms. The number of rotatable bonds is 7. The van der Waals surface area contributed by atoms with Crippen LogP contribution in [-0.4, -0.2) is 34.1 Å². The van der Waals surface area contributed by atoms with E-state index in [1.54, 1.807) is 0 Å². The van der Waals surface area contributed by atoms with Crippen molar-refractivity contribution in [1.82, 2.24) is 14.5 Å². The number of imidazole rings is 1. The van der Waals surface area contributed by atoms with E-state index in [1.165, 1.54) is 55.7 Å². The number of aromatic nitrogens is 2. The van der Waals surface area contributed by atoms with E-state index in [0.717, 1.165) is 37.4 Å². The van der Waals surface area contributed by atoms with E-state index >= 15 is 0 Å². The highest BCUT2D eigenvalue weighted by atomic mass is 16.5. The maximum Gasteiger partial charge on any atom is 0.124 e. The van der Waals surface area contributed by atoms with Crippen LogP contribution in [0.5, 0.6) is 5.75 Å². The molecular formula is C24H31N3O. The molecule has 1 aromatic heterocycles. The predicted octanol–water partition coefficient (Wildman–Crippen LogP) is 5.19. The van der Waals surface area contributed by atoms with E-state index in [1.807, 2.05) is 12.1 Å². The van der Waals surface area contributed by atoms with Gasteiger partial charge in [-0.2, -0.15) is 0 Å². The fourth-order valence-electron chi connectivity index (χ4n) is 4.04. The van der Waals surface area contributed by atoms with Crippen molar-refractivity contribution in [2.75, 3.05) is 19.7 Å². The van der Waals surface area contributed by atoms with Crippen LogP contribution in [0.3, 0.4) is 0 Å². The predicted molar refractivity (Wildman–Crippen MR) is 115 cm³/mol. The van der Waals surface area contributed by atoms with E-state index in [-0.39, 0.29) is 0 Å². The van der Waals surface area contributed by atoms with Crippen LogP contribution in [-0.2, 0) is 13.1 Å². The summed E-state index contributed by atoms with van der Waals surface area (Å²) in [5.41, 5.74) is 3.60. The lowest BCUT2D eigenvalue weighted by Crippen LogP contribution is -2.26. The van der Waals surface area contributed by atoms with Crippen LogP contribution in [0.25, 0.3) is 11.0 Å². The molecule has 1 aliphatic heterocycles.